The highest BCUT2D eigenvalue weighted by molar-refractivity contribution is 7.26. The molecule has 8 aromatic carbocycles. The van der Waals surface area contributed by atoms with E-state index in [-0.39, 0.29) is 0 Å². The van der Waals surface area contributed by atoms with Crippen LogP contribution >= 0.6 is 11.3 Å². The van der Waals surface area contributed by atoms with Crippen molar-refractivity contribution in [3.63, 3.8) is 0 Å². The fraction of sp³-hybridized carbons (Fsp3) is 0. The fourth-order valence-electron chi connectivity index (χ4n) is 8.16. The van der Waals surface area contributed by atoms with E-state index < -0.39 is 0 Å². The van der Waals surface area contributed by atoms with Crippen molar-refractivity contribution >= 4 is 80.5 Å². The standard InChI is InChI=1S/C50H29N5S/c1-3-11-31(12-4-1)47-52-48(32-13-5-2-6-14-32)54-49(53-47)33-21-19-30(20-22-33)43-29-41-40-25-36-17-9-10-18-37(36)28-45(40)56-46(41)50-51-42-26-38-23-34-15-7-8-16-35(34)24-39(38)27-44(42)55(43)50/h1-29H. The third-order valence-corrected chi connectivity index (χ3v) is 12.1. The van der Waals surface area contributed by atoms with E-state index in [1.807, 2.05) is 72.0 Å². The number of pyridine rings is 1. The molecule has 56 heavy (non-hydrogen) atoms. The van der Waals surface area contributed by atoms with Gasteiger partial charge in [0, 0.05) is 32.2 Å². The zero-order valence-corrected chi connectivity index (χ0v) is 30.7. The van der Waals surface area contributed by atoms with Gasteiger partial charge >= 0.3 is 0 Å². The second kappa shape index (κ2) is 12.1. The number of thiophene rings is 1. The Morgan fingerprint density at radius 3 is 1.48 bits per heavy atom. The number of fused-ring (bicyclic) bond motifs is 10. The Kier molecular flexibility index (Phi) is 6.73. The highest BCUT2D eigenvalue weighted by Crippen LogP contribution is 2.43. The number of nitrogens with zero attached hydrogens (tertiary/aromatic N) is 5. The van der Waals surface area contributed by atoms with Gasteiger partial charge in [-0.2, -0.15) is 0 Å². The topological polar surface area (TPSA) is 56.0 Å². The molecule has 0 aliphatic heterocycles. The van der Waals surface area contributed by atoms with Crippen molar-refractivity contribution in [3.05, 3.63) is 176 Å². The first-order chi connectivity index (χ1) is 27.7. The van der Waals surface area contributed by atoms with Crippen LogP contribution in [-0.2, 0) is 0 Å². The van der Waals surface area contributed by atoms with E-state index in [9.17, 15) is 0 Å². The van der Waals surface area contributed by atoms with Gasteiger partial charge in [0.25, 0.3) is 0 Å². The predicted molar refractivity (Wildman–Crippen MR) is 233 cm³/mol. The highest BCUT2D eigenvalue weighted by Gasteiger charge is 2.20. The Balaban J connectivity index is 1.09. The van der Waals surface area contributed by atoms with Crippen LogP contribution in [-0.4, -0.2) is 24.3 Å². The van der Waals surface area contributed by atoms with Crippen LogP contribution in [0.4, 0.5) is 0 Å². The van der Waals surface area contributed by atoms with Crippen molar-refractivity contribution in [2.24, 2.45) is 0 Å². The minimum atomic E-state index is 0.632. The molecule has 4 aromatic heterocycles. The van der Waals surface area contributed by atoms with Gasteiger partial charge in [0.1, 0.15) is 0 Å². The van der Waals surface area contributed by atoms with E-state index in [1.165, 1.54) is 52.5 Å². The Morgan fingerprint density at radius 2 is 0.875 bits per heavy atom. The molecule has 260 valence electrons. The molecule has 0 unspecified atom stereocenters. The molecule has 0 aliphatic carbocycles. The molecule has 12 aromatic rings. The molecular formula is C50H29N5S. The number of imidazole rings is 1. The molecule has 0 saturated heterocycles. The maximum absolute atomic E-state index is 5.41. The molecule has 6 heteroatoms. The summed E-state index contributed by atoms with van der Waals surface area (Å²) in [5.74, 6) is 1.92. The molecule has 0 aliphatic rings. The van der Waals surface area contributed by atoms with Crippen LogP contribution in [0.1, 0.15) is 0 Å². The normalized spacial score (nSPS) is 11.9. The number of benzene rings is 8. The maximum Gasteiger partial charge on any atom is 0.164 e. The summed E-state index contributed by atoms with van der Waals surface area (Å²) in [6, 6.07) is 62.2. The van der Waals surface area contributed by atoms with Crippen molar-refractivity contribution in [2.75, 3.05) is 0 Å². The number of hydrogen-bond donors (Lipinski definition) is 0. The molecule has 0 amide bonds. The highest BCUT2D eigenvalue weighted by atomic mass is 32.1. The van der Waals surface area contributed by atoms with Crippen molar-refractivity contribution in [1.29, 1.82) is 0 Å². The van der Waals surface area contributed by atoms with Crippen LogP contribution in [0.2, 0.25) is 0 Å². The van der Waals surface area contributed by atoms with Gasteiger partial charge in [-0.3, -0.25) is 4.40 Å². The summed E-state index contributed by atoms with van der Waals surface area (Å²) >= 11 is 1.82. The predicted octanol–water partition coefficient (Wildman–Crippen LogP) is 13.2. The molecule has 0 bridgehead atoms. The third kappa shape index (κ3) is 4.93. The molecule has 4 heterocycles. The lowest BCUT2D eigenvalue weighted by Crippen LogP contribution is -2.00. The lowest BCUT2D eigenvalue weighted by Gasteiger charge is -2.11. The molecule has 12 rings (SSSR count). The second-order valence-corrected chi connectivity index (χ2v) is 15.4. The first-order valence-electron chi connectivity index (χ1n) is 18.7. The van der Waals surface area contributed by atoms with Gasteiger partial charge in [-0.15, -0.1) is 11.3 Å². The fourth-order valence-corrected chi connectivity index (χ4v) is 9.36. The molecule has 0 N–H and O–H groups in total. The number of rotatable bonds is 4. The molecular weight excluding hydrogens is 703 g/mol. The summed E-state index contributed by atoms with van der Waals surface area (Å²) in [4.78, 5) is 20.3. The van der Waals surface area contributed by atoms with Crippen LogP contribution in [0.3, 0.4) is 0 Å². The zero-order chi connectivity index (χ0) is 36.7. The van der Waals surface area contributed by atoms with Crippen LogP contribution in [0, 0.1) is 0 Å². The molecule has 0 radical (unpaired) electrons. The molecule has 0 fully saturated rings. The smallest absolute Gasteiger partial charge is 0.164 e. The Bertz CT molecular complexity index is 3440. The number of hydrogen-bond acceptors (Lipinski definition) is 5. The van der Waals surface area contributed by atoms with Crippen molar-refractivity contribution in [3.8, 4) is 45.4 Å². The minimum absolute atomic E-state index is 0.632. The second-order valence-electron chi connectivity index (χ2n) is 14.3. The maximum atomic E-state index is 5.41. The summed E-state index contributed by atoms with van der Waals surface area (Å²) in [7, 11) is 0. The Labute approximate surface area is 324 Å². The van der Waals surface area contributed by atoms with Crippen LogP contribution in [0.5, 0.6) is 0 Å². The van der Waals surface area contributed by atoms with Crippen molar-refractivity contribution in [1.82, 2.24) is 24.3 Å². The van der Waals surface area contributed by atoms with Crippen molar-refractivity contribution in [2.45, 2.75) is 0 Å². The van der Waals surface area contributed by atoms with E-state index in [0.717, 1.165) is 44.6 Å². The third-order valence-electron chi connectivity index (χ3n) is 10.9. The lowest BCUT2D eigenvalue weighted by molar-refractivity contribution is 1.07. The van der Waals surface area contributed by atoms with Gasteiger partial charge in [0.05, 0.1) is 21.4 Å². The molecule has 0 saturated carbocycles. The van der Waals surface area contributed by atoms with E-state index in [2.05, 4.69) is 120 Å². The average molecular weight is 732 g/mol. The molecule has 0 spiro atoms. The van der Waals surface area contributed by atoms with Crippen LogP contribution in [0.25, 0.3) is 115 Å². The minimum Gasteiger partial charge on any atom is -0.291 e. The lowest BCUT2D eigenvalue weighted by atomic mass is 10.0. The quantitative estimate of drug-likeness (QED) is 0.169. The van der Waals surface area contributed by atoms with Gasteiger partial charge in [-0.05, 0) is 80.3 Å². The summed E-state index contributed by atoms with van der Waals surface area (Å²) in [5.41, 5.74) is 8.02. The first-order valence-corrected chi connectivity index (χ1v) is 19.5. The van der Waals surface area contributed by atoms with E-state index in [4.69, 9.17) is 19.9 Å². The van der Waals surface area contributed by atoms with Gasteiger partial charge in [0.15, 0.2) is 23.1 Å². The summed E-state index contributed by atoms with van der Waals surface area (Å²) in [6.45, 7) is 0. The Morgan fingerprint density at radius 1 is 0.375 bits per heavy atom. The summed E-state index contributed by atoms with van der Waals surface area (Å²) in [6.07, 6.45) is 0. The van der Waals surface area contributed by atoms with Gasteiger partial charge in [-0.1, -0.05) is 133 Å². The first kappa shape index (κ1) is 31.1. The van der Waals surface area contributed by atoms with Gasteiger partial charge < -0.3 is 0 Å². The van der Waals surface area contributed by atoms with Crippen molar-refractivity contribution < 1.29 is 0 Å². The van der Waals surface area contributed by atoms with Gasteiger partial charge in [-0.25, -0.2) is 19.9 Å². The summed E-state index contributed by atoms with van der Waals surface area (Å²) < 4.78 is 4.81. The number of aromatic nitrogens is 5. The molecule has 0 atom stereocenters. The average Bonchev–Trinajstić information content (AvgIpc) is 3.81. The van der Waals surface area contributed by atoms with E-state index >= 15 is 0 Å². The summed E-state index contributed by atoms with van der Waals surface area (Å²) in [5, 5.41) is 9.78. The largest absolute Gasteiger partial charge is 0.291 e. The SMILES string of the molecule is c1ccc(-c2nc(-c3ccccc3)nc(-c3ccc(-c4cc5c6cc7ccccc7cc6sc5c5nc6cc7cc8ccccc8cc7cc6n45)cc3)n2)cc1. The zero-order valence-electron chi connectivity index (χ0n) is 29.9. The Hall–Kier alpha value is -7.28. The van der Waals surface area contributed by atoms with E-state index in [1.54, 1.807) is 0 Å². The monoisotopic (exact) mass is 731 g/mol. The van der Waals surface area contributed by atoms with E-state index in [0.29, 0.717) is 17.5 Å². The van der Waals surface area contributed by atoms with Gasteiger partial charge in [0.2, 0.25) is 0 Å². The van der Waals surface area contributed by atoms with Crippen LogP contribution < -0.4 is 0 Å². The molecule has 5 nitrogen and oxygen atoms in total. The van der Waals surface area contributed by atoms with Crippen LogP contribution in [0.15, 0.2) is 176 Å².